The summed E-state index contributed by atoms with van der Waals surface area (Å²) >= 11 is 0. The average molecular weight is 351 g/mol. The van der Waals surface area contributed by atoms with Crippen LogP contribution in [0.3, 0.4) is 0 Å². The van der Waals surface area contributed by atoms with Crippen molar-refractivity contribution in [1.82, 2.24) is 10.9 Å². The maximum absolute atomic E-state index is 12.4. The molecule has 0 fully saturated rings. The first kappa shape index (κ1) is 17.1. The zero-order chi connectivity index (χ0) is 18.5. The van der Waals surface area contributed by atoms with Gasteiger partial charge in [0.05, 0.1) is 12.7 Å². The molecule has 3 rings (SSSR count). The standard InChI is InChI=1S/C19H17N3O4/c1-26-14-9-7-13(8-10-14)20-19(25)22-21-18(24)17-15-5-3-2-4-12(15)6-11-16(17)23/h2-11,23H,1H3,(H,21,24)(H2,20,22,25). The van der Waals surface area contributed by atoms with Gasteiger partial charge in [-0.05, 0) is 41.1 Å². The molecular formula is C19H17N3O4. The maximum atomic E-state index is 12.4. The quantitative estimate of drug-likeness (QED) is 0.545. The number of amides is 3. The third-order valence-corrected chi connectivity index (χ3v) is 3.77. The van der Waals surface area contributed by atoms with Crippen molar-refractivity contribution in [3.05, 3.63) is 66.2 Å². The highest BCUT2D eigenvalue weighted by atomic mass is 16.5. The van der Waals surface area contributed by atoms with Gasteiger partial charge < -0.3 is 15.2 Å². The molecule has 0 bridgehead atoms. The third kappa shape index (κ3) is 3.67. The van der Waals surface area contributed by atoms with E-state index in [9.17, 15) is 14.7 Å². The summed E-state index contributed by atoms with van der Waals surface area (Å²) in [5, 5.41) is 14.0. The Kier molecular flexibility index (Phi) is 4.89. The van der Waals surface area contributed by atoms with Crippen molar-refractivity contribution in [2.45, 2.75) is 0 Å². The highest BCUT2D eigenvalue weighted by Gasteiger charge is 2.15. The SMILES string of the molecule is COc1ccc(NC(=O)NNC(=O)c2c(O)ccc3ccccc23)cc1. The molecule has 0 aliphatic rings. The zero-order valence-corrected chi connectivity index (χ0v) is 13.9. The van der Waals surface area contributed by atoms with Crippen molar-refractivity contribution in [2.75, 3.05) is 12.4 Å². The lowest BCUT2D eigenvalue weighted by Gasteiger charge is -2.12. The second kappa shape index (κ2) is 7.43. The Balaban J connectivity index is 1.67. The number of carbonyl (C=O) groups excluding carboxylic acids is 2. The van der Waals surface area contributed by atoms with E-state index in [-0.39, 0.29) is 11.3 Å². The number of hydrazine groups is 1. The van der Waals surface area contributed by atoms with Crippen molar-refractivity contribution < 1.29 is 19.4 Å². The molecule has 0 atom stereocenters. The van der Waals surface area contributed by atoms with Crippen LogP contribution in [0, 0.1) is 0 Å². The molecule has 132 valence electrons. The molecule has 0 unspecified atom stereocenters. The van der Waals surface area contributed by atoms with Gasteiger partial charge >= 0.3 is 6.03 Å². The lowest BCUT2D eigenvalue weighted by Crippen LogP contribution is -2.44. The summed E-state index contributed by atoms with van der Waals surface area (Å²) in [7, 11) is 1.55. The summed E-state index contributed by atoms with van der Waals surface area (Å²) in [5.74, 6) is -0.126. The summed E-state index contributed by atoms with van der Waals surface area (Å²) < 4.78 is 5.04. The van der Waals surface area contributed by atoms with Gasteiger partial charge in [-0.3, -0.25) is 10.2 Å². The van der Waals surface area contributed by atoms with Gasteiger partial charge in [-0.15, -0.1) is 0 Å². The Morgan fingerprint density at radius 2 is 1.65 bits per heavy atom. The summed E-state index contributed by atoms with van der Waals surface area (Å²) in [5.41, 5.74) is 5.17. The van der Waals surface area contributed by atoms with E-state index in [4.69, 9.17) is 4.74 Å². The van der Waals surface area contributed by atoms with Crippen molar-refractivity contribution in [3.63, 3.8) is 0 Å². The molecular weight excluding hydrogens is 334 g/mol. The molecule has 3 amide bonds. The fourth-order valence-electron chi connectivity index (χ4n) is 2.51. The number of hydrogen-bond acceptors (Lipinski definition) is 4. The molecule has 0 heterocycles. The summed E-state index contributed by atoms with van der Waals surface area (Å²) in [6, 6.07) is 16.4. The Hall–Kier alpha value is -3.74. The van der Waals surface area contributed by atoms with Crippen LogP contribution in [0.2, 0.25) is 0 Å². The molecule has 3 aromatic rings. The summed E-state index contributed by atoms with van der Waals surface area (Å²) in [6.07, 6.45) is 0. The summed E-state index contributed by atoms with van der Waals surface area (Å²) in [4.78, 5) is 24.3. The van der Waals surface area contributed by atoms with Gasteiger partial charge in [0.1, 0.15) is 11.5 Å². The van der Waals surface area contributed by atoms with Crippen LogP contribution in [0.5, 0.6) is 11.5 Å². The molecule has 7 heteroatoms. The van der Waals surface area contributed by atoms with Gasteiger partial charge in [0, 0.05) is 5.69 Å². The normalized spacial score (nSPS) is 10.2. The van der Waals surface area contributed by atoms with E-state index < -0.39 is 11.9 Å². The number of anilines is 1. The number of carbonyl (C=O) groups is 2. The number of nitrogens with one attached hydrogen (secondary N) is 3. The summed E-state index contributed by atoms with van der Waals surface area (Å²) in [6.45, 7) is 0. The molecule has 4 N–H and O–H groups in total. The van der Waals surface area contributed by atoms with Crippen molar-refractivity contribution >= 4 is 28.4 Å². The van der Waals surface area contributed by atoms with Crippen LogP contribution >= 0.6 is 0 Å². The van der Waals surface area contributed by atoms with Gasteiger partial charge in [-0.1, -0.05) is 30.3 Å². The number of phenols is 1. The van der Waals surface area contributed by atoms with Crippen LogP contribution in [0.1, 0.15) is 10.4 Å². The van der Waals surface area contributed by atoms with E-state index >= 15 is 0 Å². The van der Waals surface area contributed by atoms with Crippen LogP contribution in [-0.4, -0.2) is 24.2 Å². The second-order valence-electron chi connectivity index (χ2n) is 5.44. The van der Waals surface area contributed by atoms with E-state index in [1.807, 2.05) is 12.1 Å². The minimum Gasteiger partial charge on any atom is -0.507 e. The van der Waals surface area contributed by atoms with Crippen LogP contribution in [0.4, 0.5) is 10.5 Å². The third-order valence-electron chi connectivity index (χ3n) is 3.77. The van der Waals surface area contributed by atoms with Gasteiger partial charge in [0.15, 0.2) is 0 Å². The number of aromatic hydroxyl groups is 1. The molecule has 0 radical (unpaired) electrons. The number of ether oxygens (including phenoxy) is 1. The van der Waals surface area contributed by atoms with Crippen LogP contribution in [-0.2, 0) is 0 Å². The average Bonchev–Trinajstić information content (AvgIpc) is 2.66. The monoisotopic (exact) mass is 351 g/mol. The molecule has 0 spiro atoms. The first-order valence-electron chi connectivity index (χ1n) is 7.80. The highest BCUT2D eigenvalue weighted by Crippen LogP contribution is 2.26. The van der Waals surface area contributed by atoms with E-state index in [0.717, 1.165) is 5.39 Å². The number of phenolic OH excluding ortho intramolecular Hbond substituents is 1. The van der Waals surface area contributed by atoms with Gasteiger partial charge in [0.25, 0.3) is 5.91 Å². The lowest BCUT2D eigenvalue weighted by atomic mass is 10.0. The maximum Gasteiger partial charge on any atom is 0.337 e. The lowest BCUT2D eigenvalue weighted by molar-refractivity contribution is 0.0937. The first-order valence-corrected chi connectivity index (χ1v) is 7.80. The highest BCUT2D eigenvalue weighted by molar-refractivity contribution is 6.09. The number of methoxy groups -OCH3 is 1. The Morgan fingerprint density at radius 1 is 0.923 bits per heavy atom. The molecule has 0 aliphatic carbocycles. The smallest absolute Gasteiger partial charge is 0.337 e. The second-order valence-corrected chi connectivity index (χ2v) is 5.44. The molecule has 0 saturated carbocycles. The Bertz CT molecular complexity index is 955. The zero-order valence-electron chi connectivity index (χ0n) is 13.9. The minimum atomic E-state index is -0.622. The number of fused-ring (bicyclic) bond motifs is 1. The Labute approximate surface area is 149 Å². The predicted molar refractivity (Wildman–Crippen MR) is 98.2 cm³/mol. The fraction of sp³-hybridized carbons (Fsp3) is 0.0526. The Morgan fingerprint density at radius 3 is 2.38 bits per heavy atom. The van der Waals surface area contributed by atoms with Crippen LogP contribution < -0.4 is 20.9 Å². The van der Waals surface area contributed by atoms with E-state index in [2.05, 4.69) is 16.2 Å². The molecule has 3 aromatic carbocycles. The minimum absolute atomic E-state index is 0.0906. The largest absolute Gasteiger partial charge is 0.507 e. The molecule has 0 saturated heterocycles. The van der Waals surface area contributed by atoms with E-state index in [0.29, 0.717) is 16.8 Å². The van der Waals surface area contributed by atoms with Gasteiger partial charge in [-0.2, -0.15) is 0 Å². The first-order chi connectivity index (χ1) is 12.6. The number of benzene rings is 3. The molecule has 0 aliphatic heterocycles. The van der Waals surface area contributed by atoms with Gasteiger partial charge in [-0.25, -0.2) is 10.2 Å². The molecule has 26 heavy (non-hydrogen) atoms. The topological polar surface area (TPSA) is 99.7 Å². The van der Waals surface area contributed by atoms with Crippen molar-refractivity contribution in [2.24, 2.45) is 0 Å². The predicted octanol–water partition coefficient (Wildman–Crippen LogP) is 3.02. The van der Waals surface area contributed by atoms with Crippen molar-refractivity contribution in [1.29, 1.82) is 0 Å². The molecule has 0 aromatic heterocycles. The number of rotatable bonds is 3. The van der Waals surface area contributed by atoms with E-state index in [1.165, 1.54) is 6.07 Å². The fourth-order valence-corrected chi connectivity index (χ4v) is 2.51. The molecule has 7 nitrogen and oxygen atoms in total. The number of hydrogen-bond donors (Lipinski definition) is 4. The number of urea groups is 1. The van der Waals surface area contributed by atoms with Crippen molar-refractivity contribution in [3.8, 4) is 11.5 Å². The van der Waals surface area contributed by atoms with Crippen LogP contribution in [0.25, 0.3) is 10.8 Å². The van der Waals surface area contributed by atoms with Crippen LogP contribution in [0.15, 0.2) is 60.7 Å². The van der Waals surface area contributed by atoms with E-state index in [1.54, 1.807) is 49.6 Å². The van der Waals surface area contributed by atoms with Gasteiger partial charge in [0.2, 0.25) is 0 Å².